The van der Waals surface area contributed by atoms with Crippen molar-refractivity contribution in [3.63, 3.8) is 0 Å². The van der Waals surface area contributed by atoms with E-state index in [0.717, 1.165) is 17.7 Å². The van der Waals surface area contributed by atoms with Gasteiger partial charge in [0.1, 0.15) is 0 Å². The number of benzene rings is 1. The maximum Gasteiger partial charge on any atom is 0.251 e. The maximum absolute atomic E-state index is 12.2. The first kappa shape index (κ1) is 14.6. The van der Waals surface area contributed by atoms with Crippen LogP contribution in [0.25, 0.3) is 0 Å². The fourth-order valence-electron chi connectivity index (χ4n) is 2.81. The van der Waals surface area contributed by atoms with Crippen LogP contribution in [-0.2, 0) is 0 Å². The molecular formula is C16H22BrNO. The molecule has 1 saturated carbocycles. The van der Waals surface area contributed by atoms with E-state index in [4.69, 9.17) is 0 Å². The Hall–Kier alpha value is -0.830. The number of alkyl halides is 1. The molecule has 2 rings (SSSR count). The van der Waals surface area contributed by atoms with Crippen LogP contribution in [0.3, 0.4) is 0 Å². The summed E-state index contributed by atoms with van der Waals surface area (Å²) in [5.74, 6) is 0.682. The van der Waals surface area contributed by atoms with Gasteiger partial charge in [-0.2, -0.15) is 0 Å². The second-order valence-corrected chi connectivity index (χ2v) is 6.95. The van der Waals surface area contributed by atoms with Crippen molar-refractivity contribution in [3.8, 4) is 0 Å². The molecule has 1 N–H and O–H groups in total. The van der Waals surface area contributed by atoms with Gasteiger partial charge in [-0.3, -0.25) is 4.79 Å². The lowest BCUT2D eigenvalue weighted by atomic mass is 9.89. The molecule has 0 saturated heterocycles. The van der Waals surface area contributed by atoms with Crippen molar-refractivity contribution in [3.05, 3.63) is 34.9 Å². The number of carbonyl (C=O) groups is 1. The third-order valence-corrected chi connectivity index (χ3v) is 4.73. The molecule has 0 heterocycles. The normalized spacial score (nSPS) is 23.1. The van der Waals surface area contributed by atoms with Crippen molar-refractivity contribution in [2.45, 2.75) is 44.4 Å². The number of amides is 1. The molecule has 3 heteroatoms. The van der Waals surface area contributed by atoms with Crippen LogP contribution in [0.15, 0.2) is 18.2 Å². The SMILES string of the molecule is Cc1ccc(C(=O)NCC2CCCC(Br)C2)c(C)c1. The van der Waals surface area contributed by atoms with E-state index in [2.05, 4.69) is 27.3 Å². The van der Waals surface area contributed by atoms with E-state index in [9.17, 15) is 4.79 Å². The molecule has 1 aliphatic carbocycles. The van der Waals surface area contributed by atoms with Crippen LogP contribution >= 0.6 is 15.9 Å². The van der Waals surface area contributed by atoms with Crippen LogP contribution in [0.5, 0.6) is 0 Å². The van der Waals surface area contributed by atoms with Crippen molar-refractivity contribution >= 4 is 21.8 Å². The van der Waals surface area contributed by atoms with E-state index >= 15 is 0 Å². The first-order valence-corrected chi connectivity index (χ1v) is 7.97. The predicted octanol–water partition coefficient (Wildman–Crippen LogP) is 3.99. The second-order valence-electron chi connectivity index (χ2n) is 5.66. The van der Waals surface area contributed by atoms with Crippen molar-refractivity contribution in [1.82, 2.24) is 5.32 Å². The number of hydrogen-bond acceptors (Lipinski definition) is 1. The molecular weight excluding hydrogens is 302 g/mol. The average molecular weight is 324 g/mol. The maximum atomic E-state index is 12.2. The van der Waals surface area contributed by atoms with Gasteiger partial charge in [-0.15, -0.1) is 0 Å². The van der Waals surface area contributed by atoms with Crippen LogP contribution in [0.1, 0.15) is 47.2 Å². The summed E-state index contributed by atoms with van der Waals surface area (Å²) in [5.41, 5.74) is 3.06. The van der Waals surface area contributed by atoms with Gasteiger partial charge in [-0.1, -0.05) is 40.0 Å². The number of nitrogens with one attached hydrogen (secondary N) is 1. The average Bonchev–Trinajstić information content (AvgIpc) is 2.36. The first-order valence-electron chi connectivity index (χ1n) is 7.06. The lowest BCUT2D eigenvalue weighted by Crippen LogP contribution is -2.32. The number of halogens is 1. The molecule has 0 aliphatic heterocycles. The van der Waals surface area contributed by atoms with Gasteiger partial charge in [-0.05, 0) is 50.7 Å². The minimum Gasteiger partial charge on any atom is -0.352 e. The van der Waals surface area contributed by atoms with Gasteiger partial charge in [-0.25, -0.2) is 0 Å². The van der Waals surface area contributed by atoms with Crippen LogP contribution in [0.2, 0.25) is 0 Å². The molecule has 1 aliphatic rings. The van der Waals surface area contributed by atoms with Gasteiger partial charge < -0.3 is 5.32 Å². The smallest absolute Gasteiger partial charge is 0.251 e. The van der Waals surface area contributed by atoms with Crippen molar-refractivity contribution in [1.29, 1.82) is 0 Å². The predicted molar refractivity (Wildman–Crippen MR) is 82.9 cm³/mol. The second kappa shape index (κ2) is 6.56. The molecule has 0 aromatic heterocycles. The zero-order valence-electron chi connectivity index (χ0n) is 11.7. The number of aryl methyl sites for hydroxylation is 2. The van der Waals surface area contributed by atoms with Crippen LogP contribution in [-0.4, -0.2) is 17.3 Å². The molecule has 1 amide bonds. The molecule has 0 bridgehead atoms. The Morgan fingerprint density at radius 3 is 2.84 bits per heavy atom. The van der Waals surface area contributed by atoms with Gasteiger partial charge in [0.2, 0.25) is 0 Å². The van der Waals surface area contributed by atoms with E-state index < -0.39 is 0 Å². The Kier molecular flexibility index (Phi) is 5.03. The summed E-state index contributed by atoms with van der Waals surface area (Å²) in [6.45, 7) is 4.85. The third kappa shape index (κ3) is 4.07. The summed E-state index contributed by atoms with van der Waals surface area (Å²) < 4.78 is 0. The lowest BCUT2D eigenvalue weighted by Gasteiger charge is -2.25. The highest BCUT2D eigenvalue weighted by molar-refractivity contribution is 9.09. The monoisotopic (exact) mass is 323 g/mol. The van der Waals surface area contributed by atoms with E-state index in [0.29, 0.717) is 10.7 Å². The summed E-state index contributed by atoms with van der Waals surface area (Å²) in [5, 5.41) is 3.09. The first-order chi connectivity index (χ1) is 9.06. The largest absolute Gasteiger partial charge is 0.352 e. The molecule has 1 fully saturated rings. The number of rotatable bonds is 3. The molecule has 1 aromatic rings. The summed E-state index contributed by atoms with van der Waals surface area (Å²) in [6.07, 6.45) is 4.93. The molecule has 2 atom stereocenters. The zero-order valence-corrected chi connectivity index (χ0v) is 13.3. The molecule has 0 spiro atoms. The van der Waals surface area contributed by atoms with Crippen molar-refractivity contribution in [2.24, 2.45) is 5.92 Å². The number of carbonyl (C=O) groups excluding carboxylic acids is 1. The highest BCUT2D eigenvalue weighted by Crippen LogP contribution is 2.28. The standard InChI is InChI=1S/C16H22BrNO/c1-11-6-7-15(12(2)8-11)16(19)18-10-13-4-3-5-14(17)9-13/h6-8,13-14H,3-5,9-10H2,1-2H3,(H,18,19). The molecule has 2 nitrogen and oxygen atoms in total. The Morgan fingerprint density at radius 1 is 1.37 bits per heavy atom. The molecule has 19 heavy (non-hydrogen) atoms. The van der Waals surface area contributed by atoms with Gasteiger partial charge in [0.25, 0.3) is 5.91 Å². The summed E-state index contributed by atoms with van der Waals surface area (Å²) in [6, 6.07) is 5.98. The van der Waals surface area contributed by atoms with E-state index in [-0.39, 0.29) is 5.91 Å². The van der Waals surface area contributed by atoms with Crippen molar-refractivity contribution in [2.75, 3.05) is 6.54 Å². The van der Waals surface area contributed by atoms with E-state index in [1.807, 2.05) is 26.0 Å². The van der Waals surface area contributed by atoms with Gasteiger partial charge in [0.05, 0.1) is 0 Å². The van der Waals surface area contributed by atoms with Gasteiger partial charge in [0, 0.05) is 16.9 Å². The van der Waals surface area contributed by atoms with Crippen molar-refractivity contribution < 1.29 is 4.79 Å². The Labute approximate surface area is 124 Å². The third-order valence-electron chi connectivity index (χ3n) is 3.90. The van der Waals surface area contributed by atoms with Gasteiger partial charge >= 0.3 is 0 Å². The zero-order chi connectivity index (χ0) is 13.8. The fraction of sp³-hybridized carbons (Fsp3) is 0.562. The fourth-order valence-corrected chi connectivity index (χ4v) is 3.66. The van der Waals surface area contributed by atoms with E-state index in [1.54, 1.807) is 0 Å². The Morgan fingerprint density at radius 2 is 2.16 bits per heavy atom. The van der Waals surface area contributed by atoms with E-state index in [1.165, 1.54) is 31.2 Å². The summed E-state index contributed by atoms with van der Waals surface area (Å²) >= 11 is 3.69. The summed E-state index contributed by atoms with van der Waals surface area (Å²) in [7, 11) is 0. The van der Waals surface area contributed by atoms with Gasteiger partial charge in [0.15, 0.2) is 0 Å². The Balaban J connectivity index is 1.90. The molecule has 104 valence electrons. The quantitative estimate of drug-likeness (QED) is 0.837. The summed E-state index contributed by atoms with van der Waals surface area (Å²) in [4.78, 5) is 12.8. The number of hydrogen-bond donors (Lipinski definition) is 1. The van der Waals surface area contributed by atoms with Crippen LogP contribution in [0.4, 0.5) is 0 Å². The minimum absolute atomic E-state index is 0.0641. The molecule has 0 radical (unpaired) electrons. The molecule has 2 unspecified atom stereocenters. The highest BCUT2D eigenvalue weighted by atomic mass is 79.9. The van der Waals surface area contributed by atoms with Crippen LogP contribution < -0.4 is 5.32 Å². The Bertz CT molecular complexity index is 458. The highest BCUT2D eigenvalue weighted by Gasteiger charge is 2.20. The molecule has 1 aromatic carbocycles. The van der Waals surface area contributed by atoms with Crippen LogP contribution in [0, 0.1) is 19.8 Å². The minimum atomic E-state index is 0.0641. The topological polar surface area (TPSA) is 29.1 Å². The lowest BCUT2D eigenvalue weighted by molar-refractivity contribution is 0.0943.